The van der Waals surface area contributed by atoms with Crippen LogP contribution in [-0.4, -0.2) is 6.71 Å². The third kappa shape index (κ3) is 0.962. The Balaban J connectivity index is 2.60. The molecule has 0 saturated heterocycles. The van der Waals surface area contributed by atoms with Crippen LogP contribution in [0.2, 0.25) is 19.5 Å². The molecule has 1 heteroatoms. The van der Waals surface area contributed by atoms with Crippen molar-refractivity contribution in [3.8, 4) is 0 Å². The number of hydrogen-bond donors (Lipinski definition) is 0. The van der Waals surface area contributed by atoms with Crippen LogP contribution >= 0.6 is 0 Å². The fourth-order valence-electron chi connectivity index (χ4n) is 1.47. The molecule has 44 valence electrons. The van der Waals surface area contributed by atoms with Gasteiger partial charge in [-0.25, -0.2) is 0 Å². The van der Waals surface area contributed by atoms with Crippen molar-refractivity contribution in [3.63, 3.8) is 0 Å². The first-order valence-electron chi connectivity index (χ1n) is 3.35. The van der Waals surface area contributed by atoms with E-state index < -0.39 is 0 Å². The standard InChI is InChI=1S/C7H13B/c1-6-4-8(3)5-7(6)2/h4-5H2,1-3H3. The largest absolute Gasteiger partial charge is 0.145 e. The highest BCUT2D eigenvalue weighted by Crippen LogP contribution is 2.25. The fraction of sp³-hybridized carbons (Fsp3) is 0.714. The van der Waals surface area contributed by atoms with E-state index in [9.17, 15) is 0 Å². The topological polar surface area (TPSA) is 0 Å². The Hall–Kier alpha value is -0.195. The lowest BCUT2D eigenvalue weighted by molar-refractivity contribution is 1.28. The Labute approximate surface area is 52.1 Å². The van der Waals surface area contributed by atoms with Gasteiger partial charge in [-0.15, -0.1) is 0 Å². The van der Waals surface area contributed by atoms with Crippen LogP contribution in [0.3, 0.4) is 0 Å². The molecule has 8 heavy (non-hydrogen) atoms. The third-order valence-electron chi connectivity index (χ3n) is 2.04. The Kier molecular flexibility index (Phi) is 1.46. The molecule has 1 aliphatic rings. The second-order valence-corrected chi connectivity index (χ2v) is 3.07. The van der Waals surface area contributed by atoms with Crippen LogP contribution < -0.4 is 0 Å². The third-order valence-corrected chi connectivity index (χ3v) is 2.04. The molecule has 0 N–H and O–H groups in total. The zero-order valence-electron chi connectivity index (χ0n) is 5.99. The van der Waals surface area contributed by atoms with E-state index in [-0.39, 0.29) is 0 Å². The Morgan fingerprint density at radius 1 is 1.12 bits per heavy atom. The van der Waals surface area contributed by atoms with Gasteiger partial charge >= 0.3 is 0 Å². The van der Waals surface area contributed by atoms with Gasteiger partial charge in [-0.05, 0) is 13.8 Å². The molecule has 0 aromatic carbocycles. The summed E-state index contributed by atoms with van der Waals surface area (Å²) in [6, 6.07) is 0. The second-order valence-electron chi connectivity index (χ2n) is 3.07. The van der Waals surface area contributed by atoms with Gasteiger partial charge in [-0.1, -0.05) is 30.6 Å². The van der Waals surface area contributed by atoms with Crippen molar-refractivity contribution in [2.45, 2.75) is 33.3 Å². The van der Waals surface area contributed by atoms with E-state index in [1.54, 1.807) is 11.1 Å². The summed E-state index contributed by atoms with van der Waals surface area (Å²) in [5.41, 5.74) is 3.25. The first-order chi connectivity index (χ1) is 3.70. The predicted molar refractivity (Wildman–Crippen MR) is 39.6 cm³/mol. The predicted octanol–water partition coefficient (Wildman–Crippen LogP) is 2.46. The first kappa shape index (κ1) is 5.93. The van der Waals surface area contributed by atoms with Crippen molar-refractivity contribution in [2.75, 3.05) is 0 Å². The van der Waals surface area contributed by atoms with Crippen LogP contribution in [0.25, 0.3) is 0 Å². The summed E-state index contributed by atoms with van der Waals surface area (Å²) in [7, 11) is 0. The normalized spacial score (nSPS) is 20.6. The average Bonchev–Trinajstić information content (AvgIpc) is 1.85. The lowest BCUT2D eigenvalue weighted by Crippen LogP contribution is -1.97. The molecule has 0 unspecified atom stereocenters. The van der Waals surface area contributed by atoms with Crippen molar-refractivity contribution in [3.05, 3.63) is 11.1 Å². The molecule has 0 saturated carbocycles. The van der Waals surface area contributed by atoms with Crippen LogP contribution in [0.1, 0.15) is 13.8 Å². The summed E-state index contributed by atoms with van der Waals surface area (Å²) in [5, 5.41) is 0. The molecule has 0 aromatic rings. The minimum absolute atomic E-state index is 0.926. The summed E-state index contributed by atoms with van der Waals surface area (Å²) < 4.78 is 0. The minimum atomic E-state index is 0.926. The summed E-state index contributed by atoms with van der Waals surface area (Å²) in [4.78, 5) is 0. The highest BCUT2D eigenvalue weighted by atomic mass is 14.0. The van der Waals surface area contributed by atoms with Crippen LogP contribution in [0.4, 0.5) is 0 Å². The first-order valence-corrected chi connectivity index (χ1v) is 3.35. The van der Waals surface area contributed by atoms with Gasteiger partial charge in [0.1, 0.15) is 6.71 Å². The van der Waals surface area contributed by atoms with Gasteiger partial charge < -0.3 is 0 Å². The van der Waals surface area contributed by atoms with Gasteiger partial charge in [-0.3, -0.25) is 0 Å². The van der Waals surface area contributed by atoms with Crippen LogP contribution in [0, 0.1) is 0 Å². The minimum Gasteiger partial charge on any atom is -0.0856 e. The maximum atomic E-state index is 2.32. The van der Waals surface area contributed by atoms with Gasteiger partial charge in [0.05, 0.1) is 0 Å². The fourth-order valence-corrected chi connectivity index (χ4v) is 1.47. The Bertz CT molecular complexity index is 110. The van der Waals surface area contributed by atoms with Crippen molar-refractivity contribution >= 4 is 6.71 Å². The molecule has 0 nitrogen and oxygen atoms in total. The summed E-state index contributed by atoms with van der Waals surface area (Å²) in [5.74, 6) is 0. The summed E-state index contributed by atoms with van der Waals surface area (Å²) >= 11 is 0. The summed E-state index contributed by atoms with van der Waals surface area (Å²) in [6.45, 7) is 7.74. The molecule has 0 fully saturated rings. The zero-order valence-corrected chi connectivity index (χ0v) is 5.99. The molecular weight excluding hydrogens is 94.9 g/mol. The van der Waals surface area contributed by atoms with Gasteiger partial charge in [0, 0.05) is 0 Å². The molecule has 0 spiro atoms. The molecule has 0 aromatic heterocycles. The quantitative estimate of drug-likeness (QED) is 0.330. The lowest BCUT2D eigenvalue weighted by Gasteiger charge is -1.90. The van der Waals surface area contributed by atoms with Gasteiger partial charge in [0.15, 0.2) is 0 Å². The SMILES string of the molecule is CB1CC(C)=C(C)C1. The van der Waals surface area contributed by atoms with Crippen LogP contribution in [0.5, 0.6) is 0 Å². The number of rotatable bonds is 0. The van der Waals surface area contributed by atoms with Crippen molar-refractivity contribution in [1.29, 1.82) is 0 Å². The van der Waals surface area contributed by atoms with E-state index in [1.165, 1.54) is 12.6 Å². The maximum Gasteiger partial charge on any atom is 0.145 e. The Morgan fingerprint density at radius 2 is 1.50 bits per heavy atom. The molecule has 0 aliphatic carbocycles. The van der Waals surface area contributed by atoms with E-state index in [2.05, 4.69) is 20.7 Å². The molecule has 0 radical (unpaired) electrons. The molecule has 0 bridgehead atoms. The maximum absolute atomic E-state index is 2.32. The smallest absolute Gasteiger partial charge is 0.0856 e. The van der Waals surface area contributed by atoms with Crippen molar-refractivity contribution < 1.29 is 0 Å². The van der Waals surface area contributed by atoms with Gasteiger partial charge in [0.2, 0.25) is 0 Å². The van der Waals surface area contributed by atoms with E-state index in [0.29, 0.717) is 0 Å². The van der Waals surface area contributed by atoms with E-state index in [4.69, 9.17) is 0 Å². The molecule has 0 atom stereocenters. The highest BCUT2D eigenvalue weighted by Gasteiger charge is 2.16. The number of allylic oxidation sites excluding steroid dienone is 2. The molecule has 1 rings (SSSR count). The van der Waals surface area contributed by atoms with Crippen molar-refractivity contribution in [1.82, 2.24) is 0 Å². The van der Waals surface area contributed by atoms with E-state index in [0.717, 1.165) is 6.71 Å². The van der Waals surface area contributed by atoms with Crippen molar-refractivity contribution in [2.24, 2.45) is 0 Å². The van der Waals surface area contributed by atoms with Gasteiger partial charge in [0.25, 0.3) is 0 Å². The molecule has 1 heterocycles. The molecular formula is C7H13B. The lowest BCUT2D eigenvalue weighted by atomic mass is 9.49. The van der Waals surface area contributed by atoms with Gasteiger partial charge in [-0.2, -0.15) is 0 Å². The highest BCUT2D eigenvalue weighted by molar-refractivity contribution is 6.59. The number of hydrogen-bond acceptors (Lipinski definition) is 0. The molecule has 0 amide bonds. The molecule has 1 aliphatic heterocycles. The van der Waals surface area contributed by atoms with Crippen LogP contribution in [0.15, 0.2) is 11.1 Å². The van der Waals surface area contributed by atoms with Crippen LogP contribution in [-0.2, 0) is 0 Å². The second kappa shape index (κ2) is 1.96. The monoisotopic (exact) mass is 108 g/mol. The summed E-state index contributed by atoms with van der Waals surface area (Å²) in [6.07, 6.45) is 2.68. The zero-order chi connectivity index (χ0) is 6.15. The van der Waals surface area contributed by atoms with E-state index >= 15 is 0 Å². The average molecular weight is 108 g/mol. The Morgan fingerprint density at radius 3 is 1.62 bits per heavy atom. The van der Waals surface area contributed by atoms with E-state index in [1.807, 2.05) is 0 Å².